The number of fused-ring (bicyclic) bond motifs is 1. The lowest BCUT2D eigenvalue weighted by Crippen LogP contribution is -2.21. The molecule has 5 heteroatoms. The van der Waals surface area contributed by atoms with E-state index in [1.807, 2.05) is 12.3 Å². The summed E-state index contributed by atoms with van der Waals surface area (Å²) in [5, 5.41) is 0. The van der Waals surface area contributed by atoms with E-state index in [4.69, 9.17) is 17.0 Å². The quantitative estimate of drug-likeness (QED) is 0.846. The highest BCUT2D eigenvalue weighted by Crippen LogP contribution is 2.27. The van der Waals surface area contributed by atoms with Crippen LogP contribution in [0.3, 0.4) is 0 Å². The second-order valence-corrected chi connectivity index (χ2v) is 5.31. The number of imidazole rings is 1. The van der Waals surface area contributed by atoms with Gasteiger partial charge in [0.15, 0.2) is 10.4 Å². The van der Waals surface area contributed by atoms with Crippen molar-refractivity contribution >= 4 is 23.4 Å². The van der Waals surface area contributed by atoms with Gasteiger partial charge in [-0.1, -0.05) is 0 Å². The molecule has 1 aliphatic heterocycles. The van der Waals surface area contributed by atoms with Crippen LogP contribution in [0.5, 0.6) is 0 Å². The van der Waals surface area contributed by atoms with Crippen LogP contribution in [0.1, 0.15) is 31.4 Å². The number of ether oxygens (including phenoxy) is 1. The topological polar surface area (TPSA) is 42.8 Å². The lowest BCUT2D eigenvalue weighted by Gasteiger charge is -2.20. The summed E-state index contributed by atoms with van der Waals surface area (Å²) in [5.74, 6) is 0. The normalized spacial score (nSPS) is 21.6. The fraction of sp³-hybridized carbons (Fsp3) is 0.538. The fourth-order valence-corrected chi connectivity index (χ4v) is 3.03. The van der Waals surface area contributed by atoms with E-state index in [-0.39, 0.29) is 12.1 Å². The van der Waals surface area contributed by atoms with Gasteiger partial charge in [-0.25, -0.2) is 4.98 Å². The summed E-state index contributed by atoms with van der Waals surface area (Å²) in [7, 11) is 0. The van der Waals surface area contributed by atoms with Gasteiger partial charge in [0, 0.05) is 12.8 Å². The van der Waals surface area contributed by atoms with Gasteiger partial charge < -0.3 is 9.72 Å². The summed E-state index contributed by atoms with van der Waals surface area (Å²) in [5.41, 5.74) is 3.14. The molecular formula is C13H17N3OS. The van der Waals surface area contributed by atoms with Gasteiger partial charge in [0.1, 0.15) is 0 Å². The van der Waals surface area contributed by atoms with Crippen molar-refractivity contribution < 1.29 is 4.74 Å². The van der Waals surface area contributed by atoms with E-state index in [2.05, 4.69) is 28.4 Å². The van der Waals surface area contributed by atoms with E-state index in [0.717, 1.165) is 35.4 Å². The first-order chi connectivity index (χ1) is 8.68. The third kappa shape index (κ3) is 1.78. The molecule has 0 aliphatic carbocycles. The number of rotatable bonds is 2. The number of hydrogen-bond donors (Lipinski definition) is 1. The Morgan fingerprint density at radius 2 is 2.44 bits per heavy atom. The van der Waals surface area contributed by atoms with Crippen LogP contribution < -0.4 is 0 Å². The van der Waals surface area contributed by atoms with Gasteiger partial charge >= 0.3 is 0 Å². The molecule has 3 rings (SSSR count). The van der Waals surface area contributed by atoms with E-state index in [1.54, 1.807) is 0 Å². The van der Waals surface area contributed by atoms with Crippen molar-refractivity contribution in [2.75, 3.05) is 6.61 Å². The Morgan fingerprint density at radius 3 is 3.17 bits per heavy atom. The number of aromatic amines is 1. The molecular weight excluding hydrogens is 246 g/mol. The van der Waals surface area contributed by atoms with Crippen molar-refractivity contribution in [1.82, 2.24) is 14.5 Å². The Hall–Kier alpha value is -1.20. The number of nitrogens with zero attached hydrogens (tertiary/aromatic N) is 2. The largest absolute Gasteiger partial charge is 0.376 e. The van der Waals surface area contributed by atoms with Crippen molar-refractivity contribution in [3.63, 3.8) is 0 Å². The second kappa shape index (κ2) is 4.48. The number of pyridine rings is 1. The number of hydrogen-bond acceptors (Lipinski definition) is 3. The number of aromatic nitrogens is 3. The first-order valence-corrected chi connectivity index (χ1v) is 6.76. The first-order valence-electron chi connectivity index (χ1n) is 6.36. The maximum atomic E-state index is 5.76. The number of H-pyrrole nitrogens is 1. The third-order valence-corrected chi connectivity index (χ3v) is 4.03. The van der Waals surface area contributed by atoms with Crippen LogP contribution >= 0.6 is 12.2 Å². The third-order valence-electron chi connectivity index (χ3n) is 3.73. The molecule has 1 N–H and O–H groups in total. The number of nitrogens with one attached hydrogen (secondary N) is 1. The Bertz CT molecular complexity index is 625. The second-order valence-electron chi connectivity index (χ2n) is 4.92. The molecule has 96 valence electrons. The van der Waals surface area contributed by atoms with E-state index in [9.17, 15) is 0 Å². The van der Waals surface area contributed by atoms with E-state index < -0.39 is 0 Å². The van der Waals surface area contributed by atoms with Gasteiger partial charge in [-0.3, -0.25) is 4.57 Å². The molecule has 0 radical (unpaired) electrons. The Kier molecular flexibility index (Phi) is 2.95. The summed E-state index contributed by atoms with van der Waals surface area (Å²) in [6.45, 7) is 5.08. The lowest BCUT2D eigenvalue weighted by atomic mass is 10.1. The minimum atomic E-state index is 0.225. The molecule has 2 aromatic rings. The predicted octanol–water partition coefficient (Wildman–Crippen LogP) is 3.14. The molecule has 0 aromatic carbocycles. The molecule has 1 aliphatic rings. The molecule has 0 saturated carbocycles. The van der Waals surface area contributed by atoms with Crippen molar-refractivity contribution in [2.24, 2.45) is 0 Å². The van der Waals surface area contributed by atoms with Gasteiger partial charge in [0.25, 0.3) is 0 Å². The van der Waals surface area contributed by atoms with Crippen LogP contribution in [-0.2, 0) is 4.74 Å². The fourth-order valence-electron chi connectivity index (χ4n) is 2.67. The zero-order chi connectivity index (χ0) is 12.7. The minimum Gasteiger partial charge on any atom is -0.376 e. The molecule has 2 aromatic heterocycles. The van der Waals surface area contributed by atoms with Crippen LogP contribution in [0.15, 0.2) is 12.3 Å². The van der Waals surface area contributed by atoms with Crippen molar-refractivity contribution in [3.8, 4) is 0 Å². The predicted molar refractivity (Wildman–Crippen MR) is 73.3 cm³/mol. The molecule has 2 unspecified atom stereocenters. The van der Waals surface area contributed by atoms with E-state index in [1.165, 1.54) is 5.56 Å². The Labute approximate surface area is 111 Å². The first kappa shape index (κ1) is 11.9. The molecule has 18 heavy (non-hydrogen) atoms. The number of aryl methyl sites for hydroxylation is 1. The maximum Gasteiger partial charge on any atom is 0.179 e. The van der Waals surface area contributed by atoms with E-state index in [0.29, 0.717) is 0 Å². The van der Waals surface area contributed by atoms with Crippen LogP contribution in [0.2, 0.25) is 0 Å². The van der Waals surface area contributed by atoms with Gasteiger partial charge in [0.2, 0.25) is 0 Å². The Morgan fingerprint density at radius 1 is 1.61 bits per heavy atom. The molecule has 4 nitrogen and oxygen atoms in total. The summed E-state index contributed by atoms with van der Waals surface area (Å²) < 4.78 is 8.59. The highest BCUT2D eigenvalue weighted by molar-refractivity contribution is 7.71. The van der Waals surface area contributed by atoms with Gasteiger partial charge in [-0.05, 0) is 50.5 Å². The monoisotopic (exact) mass is 263 g/mol. The van der Waals surface area contributed by atoms with E-state index >= 15 is 0 Å². The van der Waals surface area contributed by atoms with Crippen LogP contribution in [0, 0.1) is 11.7 Å². The highest BCUT2D eigenvalue weighted by atomic mass is 32.1. The lowest BCUT2D eigenvalue weighted by molar-refractivity contribution is 0.0739. The maximum absolute atomic E-state index is 5.76. The molecule has 0 bridgehead atoms. The zero-order valence-electron chi connectivity index (χ0n) is 10.6. The van der Waals surface area contributed by atoms with Gasteiger partial charge in [-0.15, -0.1) is 0 Å². The minimum absolute atomic E-state index is 0.225. The summed E-state index contributed by atoms with van der Waals surface area (Å²) in [4.78, 5) is 7.72. The van der Waals surface area contributed by atoms with Gasteiger partial charge in [-0.2, -0.15) is 0 Å². The molecule has 2 atom stereocenters. The zero-order valence-corrected chi connectivity index (χ0v) is 11.5. The molecule has 3 heterocycles. The highest BCUT2D eigenvalue weighted by Gasteiger charge is 2.25. The van der Waals surface area contributed by atoms with Crippen LogP contribution in [-0.4, -0.2) is 27.2 Å². The van der Waals surface area contributed by atoms with Crippen molar-refractivity contribution in [1.29, 1.82) is 0 Å². The summed E-state index contributed by atoms with van der Waals surface area (Å²) >= 11 is 5.44. The molecule has 0 spiro atoms. The van der Waals surface area contributed by atoms with Crippen LogP contribution in [0.4, 0.5) is 0 Å². The Balaban J connectivity index is 2.13. The average molecular weight is 263 g/mol. The molecule has 1 fully saturated rings. The van der Waals surface area contributed by atoms with Gasteiger partial charge in [0.05, 0.1) is 17.7 Å². The smallest absolute Gasteiger partial charge is 0.179 e. The molecule has 0 amide bonds. The van der Waals surface area contributed by atoms with Crippen molar-refractivity contribution in [2.45, 2.75) is 38.8 Å². The van der Waals surface area contributed by atoms with Crippen molar-refractivity contribution in [3.05, 3.63) is 22.6 Å². The molecule has 1 saturated heterocycles. The average Bonchev–Trinajstić information content (AvgIpc) is 2.96. The summed E-state index contributed by atoms with van der Waals surface area (Å²) in [6, 6.07) is 2.22. The summed E-state index contributed by atoms with van der Waals surface area (Å²) in [6.07, 6.45) is 4.32. The standard InChI is InChI=1S/C13H17N3OS/c1-8-5-6-14-12-11(8)15-13(18)16(12)9(2)10-4-3-7-17-10/h5-6,9-10H,3-4,7H2,1-2H3,(H,15,18). The van der Waals surface area contributed by atoms with Crippen LogP contribution in [0.25, 0.3) is 11.2 Å². The SMILES string of the molecule is Cc1ccnc2c1[nH]c(=S)n2C(C)C1CCCO1.